The largest absolute Gasteiger partial charge is 0.300 e. The third-order valence-electron chi connectivity index (χ3n) is 5.33. The van der Waals surface area contributed by atoms with Gasteiger partial charge in [-0.3, -0.25) is 4.90 Å². The Morgan fingerprint density at radius 3 is 2.63 bits per heavy atom. The van der Waals surface area contributed by atoms with Crippen LogP contribution in [0, 0.1) is 11.3 Å². The molecule has 0 spiro atoms. The Labute approximate surface area is 161 Å². The van der Waals surface area contributed by atoms with E-state index in [2.05, 4.69) is 59.4 Å². The minimum absolute atomic E-state index is 0.434. The van der Waals surface area contributed by atoms with E-state index in [1.165, 1.54) is 11.1 Å². The molecule has 1 aromatic carbocycles. The molecule has 3 heterocycles. The molecule has 3 aromatic rings. The smallest absolute Gasteiger partial charge is 0.103 e. The van der Waals surface area contributed by atoms with E-state index in [4.69, 9.17) is 7.85 Å². The van der Waals surface area contributed by atoms with E-state index in [-0.39, 0.29) is 0 Å². The van der Waals surface area contributed by atoms with Crippen molar-refractivity contribution in [3.8, 4) is 17.2 Å². The first-order chi connectivity index (χ1) is 13.2. The zero-order valence-corrected chi connectivity index (χ0v) is 15.5. The molecule has 0 amide bonds. The first kappa shape index (κ1) is 17.6. The van der Waals surface area contributed by atoms with Crippen LogP contribution in [0.15, 0.2) is 48.8 Å². The number of fused-ring (bicyclic) bond motifs is 1. The highest BCUT2D eigenvalue weighted by molar-refractivity contribution is 6.08. The Bertz CT molecular complexity index is 1040. The van der Waals surface area contributed by atoms with Gasteiger partial charge in [-0.2, -0.15) is 10.4 Å². The number of likely N-dealkylation sites (N-methyl/N-ethyl adjacent to an activating group) is 1. The molecule has 0 aliphatic carbocycles. The van der Waals surface area contributed by atoms with Gasteiger partial charge in [-0.25, -0.2) is 4.52 Å². The number of pyridine rings is 1. The van der Waals surface area contributed by atoms with E-state index in [1.807, 2.05) is 6.20 Å². The molecular weight excluding hydrogens is 331 g/mol. The van der Waals surface area contributed by atoms with E-state index >= 15 is 0 Å². The summed E-state index contributed by atoms with van der Waals surface area (Å²) in [6.07, 6.45) is 7.35. The van der Waals surface area contributed by atoms with Crippen molar-refractivity contribution in [2.45, 2.75) is 19.7 Å². The van der Waals surface area contributed by atoms with Crippen LogP contribution in [0.3, 0.4) is 0 Å². The van der Waals surface area contributed by atoms with Crippen molar-refractivity contribution in [3.05, 3.63) is 65.5 Å². The summed E-state index contributed by atoms with van der Waals surface area (Å²) in [5.74, 6) is 0. The van der Waals surface area contributed by atoms with E-state index in [0.29, 0.717) is 11.9 Å². The number of nitrogens with zero attached hydrogens (tertiary/aromatic N) is 4. The maximum absolute atomic E-state index is 9.44. The van der Waals surface area contributed by atoms with Gasteiger partial charge in [0, 0.05) is 24.8 Å². The molecule has 0 atom stereocenters. The summed E-state index contributed by atoms with van der Waals surface area (Å²) in [6.45, 7) is 5.44. The first-order valence-electron chi connectivity index (χ1n) is 9.36. The summed E-state index contributed by atoms with van der Waals surface area (Å²) in [5.41, 5.74) is 7.15. The van der Waals surface area contributed by atoms with Crippen LogP contribution in [-0.4, -0.2) is 42.0 Å². The van der Waals surface area contributed by atoms with Crippen molar-refractivity contribution in [2.24, 2.45) is 0 Å². The molecule has 4 rings (SSSR count). The highest BCUT2D eigenvalue weighted by atomic mass is 15.2. The molecule has 4 nitrogen and oxygen atoms in total. The van der Waals surface area contributed by atoms with Gasteiger partial charge in [-0.15, -0.1) is 0 Å². The number of hydrogen-bond donors (Lipinski definition) is 0. The van der Waals surface area contributed by atoms with Crippen LogP contribution in [0.1, 0.15) is 30.0 Å². The zero-order chi connectivity index (χ0) is 18.8. The van der Waals surface area contributed by atoms with E-state index < -0.39 is 0 Å². The lowest BCUT2D eigenvalue weighted by Crippen LogP contribution is -2.27. The monoisotopic (exact) mass is 352 g/mol. The van der Waals surface area contributed by atoms with Gasteiger partial charge in [0.1, 0.15) is 6.07 Å². The number of aromatic nitrogens is 2. The molecule has 0 bridgehead atoms. The van der Waals surface area contributed by atoms with Crippen molar-refractivity contribution < 1.29 is 0 Å². The number of nitriles is 1. The summed E-state index contributed by atoms with van der Waals surface area (Å²) < 4.78 is 1.76. The highest BCUT2D eigenvalue weighted by Gasteiger charge is 2.14. The van der Waals surface area contributed by atoms with Gasteiger partial charge in [0.25, 0.3) is 0 Å². The Hall–Kier alpha value is -2.84. The average Bonchev–Trinajstić information content (AvgIpc) is 3.16. The summed E-state index contributed by atoms with van der Waals surface area (Å²) in [5, 5.41) is 13.8. The summed E-state index contributed by atoms with van der Waals surface area (Å²) in [6, 6.07) is 12.9. The predicted octanol–water partition coefficient (Wildman–Crippen LogP) is 3.65. The van der Waals surface area contributed by atoms with Gasteiger partial charge < -0.3 is 0 Å². The second-order valence-corrected chi connectivity index (χ2v) is 6.88. The van der Waals surface area contributed by atoms with Crippen molar-refractivity contribution in [2.75, 3.05) is 19.6 Å². The van der Waals surface area contributed by atoms with Crippen LogP contribution in [0.4, 0.5) is 0 Å². The summed E-state index contributed by atoms with van der Waals surface area (Å²) in [4.78, 5) is 2.44. The second-order valence-electron chi connectivity index (χ2n) is 6.88. The van der Waals surface area contributed by atoms with Crippen molar-refractivity contribution in [1.29, 1.82) is 5.26 Å². The minimum Gasteiger partial charge on any atom is -0.300 e. The third kappa shape index (κ3) is 3.29. The van der Waals surface area contributed by atoms with Crippen molar-refractivity contribution in [3.63, 3.8) is 0 Å². The van der Waals surface area contributed by atoms with Crippen LogP contribution in [0.5, 0.6) is 0 Å². The van der Waals surface area contributed by atoms with E-state index in [0.717, 1.165) is 48.3 Å². The number of benzene rings is 1. The van der Waals surface area contributed by atoms with Gasteiger partial charge in [-0.05, 0) is 41.3 Å². The zero-order valence-electron chi connectivity index (χ0n) is 15.5. The molecule has 27 heavy (non-hydrogen) atoms. The lowest BCUT2D eigenvalue weighted by Gasteiger charge is -2.25. The van der Waals surface area contributed by atoms with Crippen molar-refractivity contribution in [1.82, 2.24) is 14.5 Å². The van der Waals surface area contributed by atoms with Crippen LogP contribution in [0.2, 0.25) is 0 Å². The molecule has 2 radical (unpaired) electrons. The quantitative estimate of drug-likeness (QED) is 0.674. The van der Waals surface area contributed by atoms with Crippen LogP contribution in [-0.2, 0) is 6.32 Å². The fraction of sp³-hybridized carbons (Fsp3) is 0.273. The van der Waals surface area contributed by atoms with Gasteiger partial charge in [0.2, 0.25) is 0 Å². The summed E-state index contributed by atoms with van der Waals surface area (Å²) in [7, 11) is 5.85. The molecule has 1 aliphatic rings. The molecule has 0 saturated carbocycles. The Morgan fingerprint density at radius 2 is 2.00 bits per heavy atom. The van der Waals surface area contributed by atoms with Crippen LogP contribution < -0.4 is 0 Å². The molecule has 0 unspecified atom stereocenters. The normalized spacial score (nSPS) is 14.9. The third-order valence-corrected chi connectivity index (χ3v) is 5.33. The maximum Gasteiger partial charge on any atom is 0.103 e. The van der Waals surface area contributed by atoms with Gasteiger partial charge in [0.15, 0.2) is 0 Å². The average molecular weight is 352 g/mol. The fourth-order valence-electron chi connectivity index (χ4n) is 3.71. The highest BCUT2D eigenvalue weighted by Crippen LogP contribution is 2.30. The molecular formula is C22H21BN4. The first-order valence-corrected chi connectivity index (χ1v) is 9.36. The van der Waals surface area contributed by atoms with Crippen LogP contribution >= 0.6 is 0 Å². The fourth-order valence-corrected chi connectivity index (χ4v) is 3.71. The molecule has 132 valence electrons. The Morgan fingerprint density at radius 1 is 1.22 bits per heavy atom. The molecule has 0 N–H and O–H groups in total. The van der Waals surface area contributed by atoms with Crippen molar-refractivity contribution >= 4 is 18.9 Å². The number of rotatable bonds is 4. The lowest BCUT2D eigenvalue weighted by atomic mass is 9.93. The topological polar surface area (TPSA) is 44.3 Å². The van der Waals surface area contributed by atoms with Gasteiger partial charge in [0.05, 0.1) is 25.1 Å². The van der Waals surface area contributed by atoms with E-state index in [1.54, 1.807) is 10.7 Å². The van der Waals surface area contributed by atoms with Gasteiger partial charge in [-0.1, -0.05) is 43.6 Å². The van der Waals surface area contributed by atoms with E-state index in [9.17, 15) is 5.26 Å². The Kier molecular flexibility index (Phi) is 4.83. The van der Waals surface area contributed by atoms with Crippen LogP contribution in [0.25, 0.3) is 22.2 Å². The number of hydrogen-bond acceptors (Lipinski definition) is 3. The standard InChI is InChI=1S/C22H21BN4/c1-2-26-9-7-18(8-10-26)17-3-5-19(6-4-17)21-11-16(12-23)15-27-22(21)20(13-24)14-25-27/h3-7,11,14-15H,2,8-10,12H2,1H3. The SMILES string of the molecule is [B]Cc1cc(-c2ccc(C3=CCN(CC)CC3)cc2)c2c(C#N)cnn2c1. The molecule has 0 saturated heterocycles. The molecule has 5 heteroatoms. The summed E-state index contributed by atoms with van der Waals surface area (Å²) >= 11 is 0. The molecule has 0 fully saturated rings. The Balaban J connectivity index is 1.73. The lowest BCUT2D eigenvalue weighted by molar-refractivity contribution is 0.319. The minimum atomic E-state index is 0.434. The van der Waals surface area contributed by atoms with Gasteiger partial charge >= 0.3 is 0 Å². The molecule has 2 aromatic heterocycles. The second kappa shape index (κ2) is 7.42. The molecule has 1 aliphatic heterocycles. The predicted molar refractivity (Wildman–Crippen MR) is 110 cm³/mol. The maximum atomic E-state index is 9.44.